The second-order valence-corrected chi connectivity index (χ2v) is 4.39. The standard InChI is InChI=1S/C14H19NO/c1-3-12-4-6-13(7-5-12)16-14-8-10-15(2)11-9-14/h3-7,14H,1,8-11H2,2H3. The molecule has 0 spiro atoms. The summed E-state index contributed by atoms with van der Waals surface area (Å²) in [5, 5.41) is 0. The molecule has 0 unspecified atom stereocenters. The van der Waals surface area contributed by atoms with Crippen LogP contribution in [0.5, 0.6) is 5.75 Å². The average Bonchev–Trinajstić information content (AvgIpc) is 2.33. The molecule has 1 aliphatic heterocycles. The topological polar surface area (TPSA) is 12.5 Å². The van der Waals surface area contributed by atoms with Crippen LogP contribution >= 0.6 is 0 Å². The molecule has 1 aromatic carbocycles. The zero-order valence-corrected chi connectivity index (χ0v) is 9.86. The fourth-order valence-electron chi connectivity index (χ4n) is 1.98. The van der Waals surface area contributed by atoms with Gasteiger partial charge in [-0.1, -0.05) is 24.8 Å². The largest absolute Gasteiger partial charge is 0.490 e. The van der Waals surface area contributed by atoms with E-state index in [1.807, 2.05) is 30.3 Å². The fraction of sp³-hybridized carbons (Fsp3) is 0.429. The molecule has 16 heavy (non-hydrogen) atoms. The van der Waals surface area contributed by atoms with E-state index in [4.69, 9.17) is 4.74 Å². The Morgan fingerprint density at radius 3 is 2.44 bits per heavy atom. The molecule has 0 bridgehead atoms. The van der Waals surface area contributed by atoms with Gasteiger partial charge in [0, 0.05) is 13.1 Å². The van der Waals surface area contributed by atoms with Crippen LogP contribution in [-0.4, -0.2) is 31.1 Å². The van der Waals surface area contributed by atoms with Crippen molar-refractivity contribution < 1.29 is 4.74 Å². The van der Waals surface area contributed by atoms with Gasteiger partial charge in [-0.2, -0.15) is 0 Å². The molecule has 86 valence electrons. The molecule has 0 N–H and O–H groups in total. The Morgan fingerprint density at radius 2 is 1.88 bits per heavy atom. The average molecular weight is 217 g/mol. The molecule has 2 nitrogen and oxygen atoms in total. The van der Waals surface area contributed by atoms with E-state index >= 15 is 0 Å². The van der Waals surface area contributed by atoms with Gasteiger partial charge in [0.15, 0.2) is 0 Å². The first-order chi connectivity index (χ1) is 7.78. The Labute approximate surface area is 97.5 Å². The number of benzene rings is 1. The third kappa shape index (κ3) is 2.86. The molecule has 0 amide bonds. The molecular formula is C14H19NO. The SMILES string of the molecule is C=Cc1ccc(OC2CCN(C)CC2)cc1. The predicted molar refractivity (Wildman–Crippen MR) is 67.7 cm³/mol. The lowest BCUT2D eigenvalue weighted by atomic mass is 10.1. The van der Waals surface area contributed by atoms with E-state index in [9.17, 15) is 0 Å². The summed E-state index contributed by atoms with van der Waals surface area (Å²) in [5.41, 5.74) is 1.13. The Kier molecular flexibility index (Phi) is 3.62. The highest BCUT2D eigenvalue weighted by molar-refractivity contribution is 5.48. The van der Waals surface area contributed by atoms with Crippen LogP contribution in [0.3, 0.4) is 0 Å². The lowest BCUT2D eigenvalue weighted by Crippen LogP contribution is -2.35. The highest BCUT2D eigenvalue weighted by Gasteiger charge is 2.17. The molecule has 0 radical (unpaired) electrons. The van der Waals surface area contributed by atoms with Crippen molar-refractivity contribution in [3.8, 4) is 5.75 Å². The zero-order chi connectivity index (χ0) is 11.4. The van der Waals surface area contributed by atoms with Gasteiger partial charge in [-0.15, -0.1) is 0 Å². The van der Waals surface area contributed by atoms with E-state index in [0.717, 1.165) is 37.2 Å². The van der Waals surface area contributed by atoms with Crippen LogP contribution in [0.25, 0.3) is 6.08 Å². The summed E-state index contributed by atoms with van der Waals surface area (Å²) in [6.07, 6.45) is 4.48. The monoisotopic (exact) mass is 217 g/mol. The van der Waals surface area contributed by atoms with Crippen molar-refractivity contribution >= 4 is 6.08 Å². The minimum absolute atomic E-state index is 0.380. The van der Waals surface area contributed by atoms with Crippen LogP contribution in [0.2, 0.25) is 0 Å². The number of ether oxygens (including phenoxy) is 1. The fourth-order valence-corrected chi connectivity index (χ4v) is 1.98. The van der Waals surface area contributed by atoms with Crippen molar-refractivity contribution in [2.24, 2.45) is 0 Å². The summed E-state index contributed by atoms with van der Waals surface area (Å²) in [7, 11) is 2.16. The van der Waals surface area contributed by atoms with Gasteiger partial charge < -0.3 is 9.64 Å². The quantitative estimate of drug-likeness (QED) is 0.772. The van der Waals surface area contributed by atoms with Crippen molar-refractivity contribution in [2.45, 2.75) is 18.9 Å². The highest BCUT2D eigenvalue weighted by Crippen LogP contribution is 2.19. The molecule has 0 aromatic heterocycles. The summed E-state index contributed by atoms with van der Waals surface area (Å²) in [6, 6.07) is 8.12. The van der Waals surface area contributed by atoms with Gasteiger partial charge in [0.2, 0.25) is 0 Å². The lowest BCUT2D eigenvalue weighted by molar-refractivity contribution is 0.114. The van der Waals surface area contributed by atoms with Crippen LogP contribution in [0, 0.1) is 0 Å². The number of piperidine rings is 1. The van der Waals surface area contributed by atoms with E-state index < -0.39 is 0 Å². The lowest BCUT2D eigenvalue weighted by Gasteiger charge is -2.29. The van der Waals surface area contributed by atoms with Crippen molar-refractivity contribution in [1.29, 1.82) is 0 Å². The number of hydrogen-bond acceptors (Lipinski definition) is 2. The first-order valence-corrected chi connectivity index (χ1v) is 5.85. The molecule has 2 heteroatoms. The molecule has 0 saturated carbocycles. The number of nitrogens with zero attached hydrogens (tertiary/aromatic N) is 1. The third-order valence-electron chi connectivity index (χ3n) is 3.08. The third-order valence-corrected chi connectivity index (χ3v) is 3.08. The minimum Gasteiger partial charge on any atom is -0.490 e. The normalized spacial score (nSPS) is 18.3. The van der Waals surface area contributed by atoms with E-state index in [1.54, 1.807) is 0 Å². The molecular weight excluding hydrogens is 198 g/mol. The van der Waals surface area contributed by atoms with E-state index in [1.165, 1.54) is 0 Å². The first kappa shape index (κ1) is 11.2. The van der Waals surface area contributed by atoms with Gasteiger partial charge >= 0.3 is 0 Å². The highest BCUT2D eigenvalue weighted by atomic mass is 16.5. The van der Waals surface area contributed by atoms with Gasteiger partial charge in [-0.05, 0) is 37.6 Å². The van der Waals surface area contributed by atoms with Crippen LogP contribution in [0.4, 0.5) is 0 Å². The maximum absolute atomic E-state index is 5.94. The Balaban J connectivity index is 1.91. The van der Waals surface area contributed by atoms with Crippen LogP contribution in [0.1, 0.15) is 18.4 Å². The predicted octanol–water partition coefficient (Wildman–Crippen LogP) is 2.80. The van der Waals surface area contributed by atoms with Crippen molar-refractivity contribution in [3.63, 3.8) is 0 Å². The molecule has 0 aliphatic carbocycles. The second-order valence-electron chi connectivity index (χ2n) is 4.39. The van der Waals surface area contributed by atoms with Gasteiger partial charge in [0.05, 0.1) is 0 Å². The number of rotatable bonds is 3. The Hall–Kier alpha value is -1.28. The van der Waals surface area contributed by atoms with Gasteiger partial charge in [0.1, 0.15) is 11.9 Å². The van der Waals surface area contributed by atoms with Crippen LogP contribution in [-0.2, 0) is 0 Å². The van der Waals surface area contributed by atoms with Crippen molar-refractivity contribution in [3.05, 3.63) is 36.4 Å². The molecule has 1 heterocycles. The Morgan fingerprint density at radius 1 is 1.25 bits per heavy atom. The first-order valence-electron chi connectivity index (χ1n) is 5.85. The van der Waals surface area contributed by atoms with E-state index in [0.29, 0.717) is 6.10 Å². The van der Waals surface area contributed by atoms with Crippen molar-refractivity contribution in [2.75, 3.05) is 20.1 Å². The van der Waals surface area contributed by atoms with Gasteiger partial charge in [0.25, 0.3) is 0 Å². The van der Waals surface area contributed by atoms with Crippen molar-refractivity contribution in [1.82, 2.24) is 4.90 Å². The molecule has 2 rings (SSSR count). The second kappa shape index (κ2) is 5.17. The molecule has 1 aliphatic rings. The summed E-state index contributed by atoms with van der Waals surface area (Å²) in [5.74, 6) is 0.972. The Bertz CT molecular complexity index is 336. The van der Waals surface area contributed by atoms with E-state index in [2.05, 4.69) is 18.5 Å². The molecule has 1 fully saturated rings. The minimum atomic E-state index is 0.380. The summed E-state index contributed by atoms with van der Waals surface area (Å²) in [6.45, 7) is 6.01. The molecule has 1 saturated heterocycles. The maximum Gasteiger partial charge on any atom is 0.119 e. The van der Waals surface area contributed by atoms with E-state index in [-0.39, 0.29) is 0 Å². The smallest absolute Gasteiger partial charge is 0.119 e. The van der Waals surface area contributed by atoms with Gasteiger partial charge in [-0.3, -0.25) is 0 Å². The number of hydrogen-bond donors (Lipinski definition) is 0. The molecule has 1 aromatic rings. The summed E-state index contributed by atoms with van der Waals surface area (Å²) >= 11 is 0. The number of likely N-dealkylation sites (tertiary alicyclic amines) is 1. The van der Waals surface area contributed by atoms with Crippen LogP contribution < -0.4 is 4.74 Å². The van der Waals surface area contributed by atoms with Gasteiger partial charge in [-0.25, -0.2) is 0 Å². The summed E-state index contributed by atoms with van der Waals surface area (Å²) < 4.78 is 5.94. The van der Waals surface area contributed by atoms with Crippen LogP contribution in [0.15, 0.2) is 30.8 Å². The molecule has 0 atom stereocenters. The zero-order valence-electron chi connectivity index (χ0n) is 9.86. The maximum atomic E-state index is 5.94. The summed E-state index contributed by atoms with van der Waals surface area (Å²) in [4.78, 5) is 2.35.